The van der Waals surface area contributed by atoms with E-state index in [1.807, 2.05) is 24.1 Å². The van der Waals surface area contributed by atoms with Crippen LogP contribution in [0.4, 0.5) is 5.82 Å². The number of H-pyrrole nitrogens is 1. The number of aromatic amines is 1. The highest BCUT2D eigenvalue weighted by Crippen LogP contribution is 2.22. The fraction of sp³-hybridized carbons (Fsp3) is 0.222. The van der Waals surface area contributed by atoms with Crippen LogP contribution in [-0.2, 0) is 6.54 Å². The minimum Gasteiger partial charge on any atom is -0.358 e. The molecule has 1 aliphatic heterocycles. The minimum absolute atomic E-state index is 0.0627. The summed E-state index contributed by atoms with van der Waals surface area (Å²) in [4.78, 5) is 33.0. The summed E-state index contributed by atoms with van der Waals surface area (Å²) in [5.74, 6) is 0.847. The zero-order chi connectivity index (χ0) is 17.4. The molecule has 1 aliphatic rings. The Balaban J connectivity index is 1.68. The Kier molecular flexibility index (Phi) is 3.68. The molecule has 3 heterocycles. The van der Waals surface area contributed by atoms with Gasteiger partial charge in [0.25, 0.3) is 11.5 Å². The van der Waals surface area contributed by atoms with Gasteiger partial charge >= 0.3 is 0 Å². The lowest BCUT2D eigenvalue weighted by atomic mass is 10.1. The molecule has 0 saturated carbocycles. The molecule has 0 radical (unpaired) electrons. The van der Waals surface area contributed by atoms with E-state index in [1.54, 1.807) is 30.6 Å². The second-order valence-electron chi connectivity index (χ2n) is 6.14. The van der Waals surface area contributed by atoms with Crippen molar-refractivity contribution in [2.45, 2.75) is 6.54 Å². The van der Waals surface area contributed by atoms with Gasteiger partial charge in [-0.2, -0.15) is 5.10 Å². The molecule has 0 spiro atoms. The summed E-state index contributed by atoms with van der Waals surface area (Å²) in [7, 11) is 1.98. The fourth-order valence-corrected chi connectivity index (χ4v) is 3.14. The molecule has 4 rings (SSSR count). The Bertz CT molecular complexity index is 1010. The number of nitrogens with one attached hydrogen (secondary N) is 1. The average molecular weight is 335 g/mol. The molecule has 1 N–H and O–H groups in total. The van der Waals surface area contributed by atoms with Gasteiger partial charge in [0.15, 0.2) is 0 Å². The number of hydrogen-bond donors (Lipinski definition) is 1. The van der Waals surface area contributed by atoms with E-state index in [2.05, 4.69) is 20.1 Å². The second-order valence-corrected chi connectivity index (χ2v) is 6.14. The molecule has 0 unspecified atom stereocenters. The van der Waals surface area contributed by atoms with Gasteiger partial charge in [0.2, 0.25) is 0 Å². The highest BCUT2D eigenvalue weighted by molar-refractivity contribution is 5.98. The molecule has 0 atom stereocenters. The first-order chi connectivity index (χ1) is 12.1. The normalized spacial score (nSPS) is 14.3. The lowest BCUT2D eigenvalue weighted by Gasteiger charge is -2.21. The Labute approximate surface area is 143 Å². The van der Waals surface area contributed by atoms with Gasteiger partial charge in [-0.1, -0.05) is 6.07 Å². The van der Waals surface area contributed by atoms with Crippen LogP contribution in [0.25, 0.3) is 10.8 Å². The SMILES string of the molecule is CN1CCN(C(=O)c2ccc3c(=O)[nH]ncc3c2)Cc2cccnc21. The number of nitrogens with zero attached hydrogens (tertiary/aromatic N) is 4. The number of pyridine rings is 1. The lowest BCUT2D eigenvalue weighted by molar-refractivity contribution is 0.0752. The monoisotopic (exact) mass is 335 g/mol. The van der Waals surface area contributed by atoms with Crippen LogP contribution in [0.15, 0.2) is 47.5 Å². The third-order valence-corrected chi connectivity index (χ3v) is 4.50. The predicted molar refractivity (Wildman–Crippen MR) is 94.6 cm³/mol. The zero-order valence-electron chi connectivity index (χ0n) is 13.8. The number of carbonyl (C=O) groups excluding carboxylic acids is 1. The van der Waals surface area contributed by atoms with E-state index in [9.17, 15) is 9.59 Å². The summed E-state index contributed by atoms with van der Waals surface area (Å²) in [5, 5.41) is 7.38. The van der Waals surface area contributed by atoms with Crippen molar-refractivity contribution in [3.63, 3.8) is 0 Å². The number of fused-ring (bicyclic) bond motifs is 2. The molecular formula is C18H17N5O2. The molecule has 1 aromatic carbocycles. The molecule has 2 aromatic heterocycles. The van der Waals surface area contributed by atoms with E-state index in [1.165, 1.54) is 0 Å². The van der Waals surface area contributed by atoms with Gasteiger partial charge < -0.3 is 9.80 Å². The van der Waals surface area contributed by atoms with Gasteiger partial charge in [-0.05, 0) is 24.3 Å². The molecular weight excluding hydrogens is 318 g/mol. The molecule has 0 saturated heterocycles. The Morgan fingerprint density at radius 2 is 2.12 bits per heavy atom. The van der Waals surface area contributed by atoms with Crippen molar-refractivity contribution in [2.24, 2.45) is 0 Å². The predicted octanol–water partition coefficient (Wildman–Crippen LogP) is 1.41. The smallest absolute Gasteiger partial charge is 0.272 e. The molecule has 7 nitrogen and oxygen atoms in total. The van der Waals surface area contributed by atoms with Crippen LogP contribution in [0.3, 0.4) is 0 Å². The molecule has 0 aliphatic carbocycles. The maximum Gasteiger partial charge on any atom is 0.272 e. The molecule has 1 amide bonds. The summed E-state index contributed by atoms with van der Waals surface area (Å²) in [5.41, 5.74) is 1.32. The number of anilines is 1. The van der Waals surface area contributed by atoms with Gasteiger partial charge in [-0.3, -0.25) is 9.59 Å². The highest BCUT2D eigenvalue weighted by atomic mass is 16.2. The first-order valence-electron chi connectivity index (χ1n) is 8.05. The number of likely N-dealkylation sites (N-methyl/N-ethyl adjacent to an activating group) is 1. The van der Waals surface area contributed by atoms with E-state index in [0.29, 0.717) is 36.0 Å². The van der Waals surface area contributed by atoms with Crippen molar-refractivity contribution in [1.29, 1.82) is 0 Å². The topological polar surface area (TPSA) is 82.2 Å². The van der Waals surface area contributed by atoms with Crippen LogP contribution in [0.1, 0.15) is 15.9 Å². The van der Waals surface area contributed by atoms with Crippen molar-refractivity contribution in [3.8, 4) is 0 Å². The van der Waals surface area contributed by atoms with Crippen LogP contribution < -0.4 is 10.5 Å². The van der Waals surface area contributed by atoms with Crippen LogP contribution in [0.5, 0.6) is 0 Å². The third-order valence-electron chi connectivity index (χ3n) is 4.50. The van der Waals surface area contributed by atoms with Gasteiger partial charge in [0.05, 0.1) is 11.6 Å². The Morgan fingerprint density at radius 3 is 3.00 bits per heavy atom. The minimum atomic E-state index is -0.257. The lowest BCUT2D eigenvalue weighted by Crippen LogP contribution is -2.34. The quantitative estimate of drug-likeness (QED) is 0.727. The van der Waals surface area contributed by atoms with Gasteiger partial charge in [-0.25, -0.2) is 10.1 Å². The summed E-state index contributed by atoms with van der Waals surface area (Å²) in [6.07, 6.45) is 3.32. The van der Waals surface area contributed by atoms with Crippen LogP contribution in [0, 0.1) is 0 Å². The highest BCUT2D eigenvalue weighted by Gasteiger charge is 2.23. The number of amides is 1. The van der Waals surface area contributed by atoms with Crippen molar-refractivity contribution >= 4 is 22.5 Å². The van der Waals surface area contributed by atoms with E-state index in [-0.39, 0.29) is 11.5 Å². The van der Waals surface area contributed by atoms with Crippen LogP contribution in [-0.4, -0.2) is 46.1 Å². The Morgan fingerprint density at radius 1 is 1.24 bits per heavy atom. The second kappa shape index (κ2) is 6.01. The van der Waals surface area contributed by atoms with E-state index < -0.39 is 0 Å². The fourth-order valence-electron chi connectivity index (χ4n) is 3.14. The molecule has 126 valence electrons. The number of hydrogen-bond acceptors (Lipinski definition) is 5. The van der Waals surface area contributed by atoms with Gasteiger partial charge in [-0.15, -0.1) is 0 Å². The largest absolute Gasteiger partial charge is 0.358 e. The number of benzene rings is 1. The summed E-state index contributed by atoms with van der Waals surface area (Å²) >= 11 is 0. The van der Waals surface area contributed by atoms with Crippen molar-refractivity contribution in [2.75, 3.05) is 25.0 Å². The third kappa shape index (κ3) is 2.73. The molecule has 7 heteroatoms. The maximum absolute atomic E-state index is 13.0. The first kappa shape index (κ1) is 15.3. The molecule has 0 fully saturated rings. The molecule has 25 heavy (non-hydrogen) atoms. The van der Waals surface area contributed by atoms with E-state index in [4.69, 9.17) is 0 Å². The summed E-state index contributed by atoms with van der Waals surface area (Å²) in [6.45, 7) is 1.83. The number of carbonyl (C=O) groups is 1. The summed E-state index contributed by atoms with van der Waals surface area (Å²) < 4.78 is 0. The standard InChI is InChI=1S/C18H17N5O2/c1-22-7-8-23(11-13-3-2-6-19-16(13)22)18(25)12-4-5-15-14(9-12)10-20-21-17(15)24/h2-6,9-10H,7-8,11H2,1H3,(H,21,24). The van der Waals surface area contributed by atoms with E-state index in [0.717, 1.165) is 11.4 Å². The summed E-state index contributed by atoms with van der Waals surface area (Å²) in [6, 6.07) is 8.96. The molecule has 0 bridgehead atoms. The van der Waals surface area contributed by atoms with E-state index >= 15 is 0 Å². The maximum atomic E-state index is 13.0. The van der Waals surface area contributed by atoms with Crippen molar-refractivity contribution in [3.05, 3.63) is 64.2 Å². The molecule has 3 aromatic rings. The zero-order valence-corrected chi connectivity index (χ0v) is 13.8. The van der Waals surface area contributed by atoms with Crippen LogP contribution >= 0.6 is 0 Å². The first-order valence-corrected chi connectivity index (χ1v) is 8.05. The van der Waals surface area contributed by atoms with Gasteiger partial charge in [0.1, 0.15) is 5.82 Å². The van der Waals surface area contributed by atoms with Crippen molar-refractivity contribution < 1.29 is 4.79 Å². The number of aromatic nitrogens is 3. The number of rotatable bonds is 1. The van der Waals surface area contributed by atoms with Crippen LogP contribution in [0.2, 0.25) is 0 Å². The average Bonchev–Trinajstić information content (AvgIpc) is 2.80. The Hall–Kier alpha value is -3.22. The van der Waals surface area contributed by atoms with Crippen molar-refractivity contribution in [1.82, 2.24) is 20.1 Å². The van der Waals surface area contributed by atoms with Gasteiger partial charge in [0, 0.05) is 49.4 Å².